The first-order chi connectivity index (χ1) is 8.79. The third-order valence-corrected chi connectivity index (χ3v) is 4.51. The highest BCUT2D eigenvalue weighted by Gasteiger charge is 2.19. The van der Waals surface area contributed by atoms with Gasteiger partial charge in [0.15, 0.2) is 0 Å². The fraction of sp³-hybridized carbons (Fsp3) is 0.312. The zero-order chi connectivity index (χ0) is 14.2. The molecule has 1 heterocycles. The standard InChI is InChI=1S/C16H17FOS/c1-10-5-6-11(9-12(10)17)15(18)13-7-8-14(19-13)16(2,3)4/h5-9H,1-4H3. The van der Waals surface area contributed by atoms with E-state index in [9.17, 15) is 9.18 Å². The summed E-state index contributed by atoms with van der Waals surface area (Å²) in [6, 6.07) is 8.43. The number of thiophene rings is 1. The van der Waals surface area contributed by atoms with Gasteiger partial charge in [-0.1, -0.05) is 32.9 Å². The Bertz CT molecular complexity index is 620. The molecule has 100 valence electrons. The van der Waals surface area contributed by atoms with Crippen molar-refractivity contribution >= 4 is 17.1 Å². The lowest BCUT2D eigenvalue weighted by molar-refractivity contribution is 0.104. The first-order valence-corrected chi connectivity index (χ1v) is 7.02. The van der Waals surface area contributed by atoms with E-state index in [1.54, 1.807) is 19.1 Å². The molecule has 0 bridgehead atoms. The normalized spacial score (nSPS) is 11.6. The number of carbonyl (C=O) groups is 1. The predicted octanol–water partition coefficient (Wildman–Crippen LogP) is 4.72. The van der Waals surface area contributed by atoms with Crippen molar-refractivity contribution in [2.75, 3.05) is 0 Å². The van der Waals surface area contributed by atoms with Crippen LogP contribution in [-0.4, -0.2) is 5.78 Å². The van der Waals surface area contributed by atoms with Gasteiger partial charge in [0.2, 0.25) is 5.78 Å². The number of carbonyl (C=O) groups excluding carboxylic acids is 1. The molecule has 1 nitrogen and oxygen atoms in total. The lowest BCUT2D eigenvalue weighted by atomic mass is 9.95. The first kappa shape index (κ1) is 13.9. The maximum atomic E-state index is 13.5. The molecule has 2 aromatic rings. The second-order valence-electron chi connectivity index (χ2n) is 5.71. The molecule has 0 aliphatic rings. The zero-order valence-electron chi connectivity index (χ0n) is 11.6. The number of benzene rings is 1. The smallest absolute Gasteiger partial charge is 0.203 e. The molecule has 2 rings (SSSR count). The largest absolute Gasteiger partial charge is 0.288 e. The first-order valence-electron chi connectivity index (χ1n) is 6.20. The molecular weight excluding hydrogens is 259 g/mol. The number of ketones is 1. The van der Waals surface area contributed by atoms with Crippen molar-refractivity contribution in [3.8, 4) is 0 Å². The third-order valence-electron chi connectivity index (χ3n) is 3.00. The van der Waals surface area contributed by atoms with E-state index in [4.69, 9.17) is 0 Å². The van der Waals surface area contributed by atoms with Crippen molar-refractivity contribution in [1.82, 2.24) is 0 Å². The number of hydrogen-bond donors (Lipinski definition) is 0. The average molecular weight is 276 g/mol. The van der Waals surface area contributed by atoms with E-state index in [1.165, 1.54) is 17.4 Å². The van der Waals surface area contributed by atoms with Gasteiger partial charge in [0.1, 0.15) is 5.82 Å². The van der Waals surface area contributed by atoms with Crippen molar-refractivity contribution < 1.29 is 9.18 Å². The van der Waals surface area contributed by atoms with Crippen molar-refractivity contribution in [2.45, 2.75) is 33.1 Å². The Morgan fingerprint density at radius 2 is 1.84 bits per heavy atom. The van der Waals surface area contributed by atoms with E-state index in [0.717, 1.165) is 4.88 Å². The van der Waals surface area contributed by atoms with Crippen molar-refractivity contribution in [1.29, 1.82) is 0 Å². The molecule has 0 saturated carbocycles. The second-order valence-corrected chi connectivity index (χ2v) is 6.79. The highest BCUT2D eigenvalue weighted by molar-refractivity contribution is 7.14. The van der Waals surface area contributed by atoms with Gasteiger partial charge in [-0.15, -0.1) is 11.3 Å². The van der Waals surface area contributed by atoms with Gasteiger partial charge in [-0.25, -0.2) is 4.39 Å². The van der Waals surface area contributed by atoms with Gasteiger partial charge in [0.05, 0.1) is 4.88 Å². The SMILES string of the molecule is Cc1ccc(C(=O)c2ccc(C(C)(C)C)s2)cc1F. The van der Waals surface area contributed by atoms with Gasteiger partial charge >= 0.3 is 0 Å². The highest BCUT2D eigenvalue weighted by Crippen LogP contribution is 2.30. The summed E-state index contributed by atoms with van der Waals surface area (Å²) in [6.45, 7) is 8.02. The van der Waals surface area contributed by atoms with E-state index in [2.05, 4.69) is 20.8 Å². The summed E-state index contributed by atoms with van der Waals surface area (Å²) in [4.78, 5) is 14.1. The lowest BCUT2D eigenvalue weighted by Crippen LogP contribution is -2.08. The molecule has 0 amide bonds. The fourth-order valence-corrected chi connectivity index (χ4v) is 2.77. The summed E-state index contributed by atoms with van der Waals surface area (Å²) in [5, 5.41) is 0. The van der Waals surface area contributed by atoms with Crippen LogP contribution in [0.2, 0.25) is 0 Å². The topological polar surface area (TPSA) is 17.1 Å². The molecule has 1 aromatic carbocycles. The highest BCUT2D eigenvalue weighted by atomic mass is 32.1. The molecule has 0 N–H and O–H groups in total. The Labute approximate surface area is 117 Å². The predicted molar refractivity (Wildman–Crippen MR) is 77.6 cm³/mol. The van der Waals surface area contributed by atoms with Gasteiger partial charge in [-0.05, 0) is 36.1 Å². The summed E-state index contributed by atoms with van der Waals surface area (Å²) in [5.41, 5.74) is 0.991. The van der Waals surface area contributed by atoms with E-state index in [0.29, 0.717) is 16.0 Å². The molecule has 19 heavy (non-hydrogen) atoms. The number of halogens is 1. The van der Waals surface area contributed by atoms with Crippen LogP contribution in [0.4, 0.5) is 4.39 Å². The molecule has 0 spiro atoms. The minimum atomic E-state index is -0.335. The van der Waals surface area contributed by atoms with Crippen LogP contribution in [0.25, 0.3) is 0 Å². The quantitative estimate of drug-likeness (QED) is 0.725. The summed E-state index contributed by atoms with van der Waals surface area (Å²) in [7, 11) is 0. The Hall–Kier alpha value is -1.48. The Morgan fingerprint density at radius 1 is 1.16 bits per heavy atom. The molecule has 0 aliphatic heterocycles. The number of hydrogen-bond acceptors (Lipinski definition) is 2. The van der Waals surface area contributed by atoms with Gasteiger partial charge in [0.25, 0.3) is 0 Å². The van der Waals surface area contributed by atoms with Crippen LogP contribution in [0.5, 0.6) is 0 Å². The van der Waals surface area contributed by atoms with Crippen LogP contribution < -0.4 is 0 Å². The van der Waals surface area contributed by atoms with Gasteiger partial charge in [-0.2, -0.15) is 0 Å². The molecule has 0 unspecified atom stereocenters. The van der Waals surface area contributed by atoms with Crippen LogP contribution >= 0.6 is 11.3 Å². The van der Waals surface area contributed by atoms with Crippen LogP contribution in [0.15, 0.2) is 30.3 Å². The van der Waals surface area contributed by atoms with Gasteiger partial charge in [-0.3, -0.25) is 4.79 Å². The molecule has 0 aliphatic carbocycles. The number of rotatable bonds is 2. The summed E-state index contributed by atoms with van der Waals surface area (Å²) < 4.78 is 13.5. The maximum Gasteiger partial charge on any atom is 0.203 e. The molecule has 1 aromatic heterocycles. The van der Waals surface area contributed by atoms with E-state index < -0.39 is 0 Å². The van der Waals surface area contributed by atoms with Gasteiger partial charge < -0.3 is 0 Å². The molecule has 0 radical (unpaired) electrons. The van der Waals surface area contributed by atoms with E-state index in [1.807, 2.05) is 12.1 Å². The Morgan fingerprint density at radius 3 is 2.37 bits per heavy atom. The molecule has 0 fully saturated rings. The van der Waals surface area contributed by atoms with E-state index in [-0.39, 0.29) is 17.0 Å². The molecule has 3 heteroatoms. The summed E-state index contributed by atoms with van der Waals surface area (Å²) in [6.07, 6.45) is 0. The zero-order valence-corrected chi connectivity index (χ0v) is 12.4. The minimum Gasteiger partial charge on any atom is -0.288 e. The lowest BCUT2D eigenvalue weighted by Gasteiger charge is -2.15. The van der Waals surface area contributed by atoms with Crippen LogP contribution in [0.3, 0.4) is 0 Å². The fourth-order valence-electron chi connectivity index (χ4n) is 1.74. The van der Waals surface area contributed by atoms with Crippen molar-refractivity contribution in [3.63, 3.8) is 0 Å². The second kappa shape index (κ2) is 4.89. The maximum absolute atomic E-state index is 13.5. The summed E-state index contributed by atoms with van der Waals surface area (Å²) >= 11 is 1.48. The van der Waals surface area contributed by atoms with E-state index >= 15 is 0 Å². The van der Waals surface area contributed by atoms with Crippen molar-refractivity contribution in [2.24, 2.45) is 0 Å². The van der Waals surface area contributed by atoms with Crippen LogP contribution in [0.1, 0.15) is 46.4 Å². The third kappa shape index (κ3) is 2.92. The average Bonchev–Trinajstić information content (AvgIpc) is 2.81. The Kier molecular flexibility index (Phi) is 3.59. The van der Waals surface area contributed by atoms with Crippen molar-refractivity contribution in [3.05, 3.63) is 57.0 Å². The summed E-state index contributed by atoms with van der Waals surface area (Å²) in [5.74, 6) is -0.446. The molecule has 0 atom stereocenters. The monoisotopic (exact) mass is 276 g/mol. The van der Waals surface area contributed by atoms with Crippen LogP contribution in [0, 0.1) is 12.7 Å². The molecule has 0 saturated heterocycles. The van der Waals surface area contributed by atoms with Gasteiger partial charge in [0, 0.05) is 10.4 Å². The Balaban J connectivity index is 2.34. The van der Waals surface area contributed by atoms with Crippen LogP contribution in [-0.2, 0) is 5.41 Å². The number of aryl methyl sites for hydroxylation is 1. The minimum absolute atomic E-state index is 0.0295. The molecular formula is C16H17FOS.